The van der Waals surface area contributed by atoms with E-state index in [1.165, 1.54) is 0 Å². The second kappa shape index (κ2) is 4.89. The molecule has 0 aliphatic heterocycles. The highest BCUT2D eigenvalue weighted by molar-refractivity contribution is 5.38. The summed E-state index contributed by atoms with van der Waals surface area (Å²) in [5, 5.41) is 8.72. The molecule has 0 bridgehead atoms. The molecule has 0 unspecified atom stereocenters. The minimum absolute atomic E-state index is 0.0713. The van der Waals surface area contributed by atoms with Gasteiger partial charge in [-0.1, -0.05) is 12.1 Å². The molecule has 0 N–H and O–H groups in total. The Labute approximate surface area is 106 Å². The smallest absolute Gasteiger partial charge is 0.186 e. The molecule has 0 aliphatic carbocycles. The standard InChI is InChI=1S/C15H14N2O/c1-11-4-3-5-14(8-11)17-10-13(6-7-16)15(18)9-12(17)2/h3-5,8-10H,6H2,1-2H3. The molecule has 1 heterocycles. The van der Waals surface area contributed by atoms with E-state index in [1.807, 2.05) is 48.7 Å². The van der Waals surface area contributed by atoms with E-state index >= 15 is 0 Å². The van der Waals surface area contributed by atoms with Crippen LogP contribution >= 0.6 is 0 Å². The molecule has 18 heavy (non-hydrogen) atoms. The summed E-state index contributed by atoms with van der Waals surface area (Å²) >= 11 is 0. The number of hydrogen-bond acceptors (Lipinski definition) is 2. The van der Waals surface area contributed by atoms with E-state index in [9.17, 15) is 4.79 Å². The molecule has 90 valence electrons. The summed E-state index contributed by atoms with van der Waals surface area (Å²) in [5.41, 5.74) is 3.49. The Morgan fingerprint density at radius 2 is 2.06 bits per heavy atom. The predicted molar refractivity (Wildman–Crippen MR) is 70.8 cm³/mol. The molecule has 0 fully saturated rings. The lowest BCUT2D eigenvalue weighted by Crippen LogP contribution is -2.13. The Kier molecular flexibility index (Phi) is 3.29. The largest absolute Gasteiger partial charge is 0.321 e. The SMILES string of the molecule is Cc1cccc(-n2cc(CC#N)c(=O)cc2C)c1. The number of aromatic nitrogens is 1. The average molecular weight is 238 g/mol. The van der Waals surface area contributed by atoms with Gasteiger partial charge in [0.05, 0.1) is 12.5 Å². The summed E-state index contributed by atoms with van der Waals surface area (Å²) in [7, 11) is 0. The third-order valence-electron chi connectivity index (χ3n) is 2.87. The monoisotopic (exact) mass is 238 g/mol. The van der Waals surface area contributed by atoms with Gasteiger partial charge in [0, 0.05) is 29.2 Å². The lowest BCUT2D eigenvalue weighted by molar-refractivity contribution is 0.947. The molecule has 0 atom stereocenters. The fraction of sp³-hybridized carbons (Fsp3) is 0.200. The van der Waals surface area contributed by atoms with E-state index in [0.29, 0.717) is 5.56 Å². The van der Waals surface area contributed by atoms with Crippen molar-refractivity contribution in [2.24, 2.45) is 0 Å². The molecular weight excluding hydrogens is 224 g/mol. The summed E-state index contributed by atoms with van der Waals surface area (Å²) in [5.74, 6) is 0. The van der Waals surface area contributed by atoms with Crippen molar-refractivity contribution in [2.75, 3.05) is 0 Å². The zero-order valence-corrected chi connectivity index (χ0v) is 10.5. The summed E-state index contributed by atoms with van der Waals surface area (Å²) in [6.45, 7) is 3.91. The van der Waals surface area contributed by atoms with Crippen LogP contribution in [-0.4, -0.2) is 4.57 Å². The Morgan fingerprint density at radius 1 is 1.28 bits per heavy atom. The molecule has 0 aliphatic rings. The van der Waals surface area contributed by atoms with Crippen LogP contribution in [0.4, 0.5) is 0 Å². The van der Waals surface area contributed by atoms with Crippen LogP contribution in [0.25, 0.3) is 5.69 Å². The molecule has 1 aromatic carbocycles. The number of pyridine rings is 1. The Balaban J connectivity index is 2.61. The van der Waals surface area contributed by atoms with Gasteiger partial charge in [-0.15, -0.1) is 0 Å². The lowest BCUT2D eigenvalue weighted by Gasteiger charge is -2.12. The fourth-order valence-corrected chi connectivity index (χ4v) is 1.95. The average Bonchev–Trinajstić information content (AvgIpc) is 2.33. The van der Waals surface area contributed by atoms with Gasteiger partial charge in [-0.3, -0.25) is 4.79 Å². The van der Waals surface area contributed by atoms with Gasteiger partial charge in [-0.25, -0.2) is 0 Å². The molecule has 3 heteroatoms. The summed E-state index contributed by atoms with van der Waals surface area (Å²) in [6.07, 6.45) is 1.90. The minimum Gasteiger partial charge on any atom is -0.321 e. The molecule has 0 spiro atoms. The van der Waals surface area contributed by atoms with Crippen LogP contribution in [0.2, 0.25) is 0 Å². The lowest BCUT2D eigenvalue weighted by atomic mass is 10.1. The van der Waals surface area contributed by atoms with E-state index in [2.05, 4.69) is 0 Å². The Bertz CT molecular complexity index is 678. The number of aryl methyl sites for hydroxylation is 2. The van der Waals surface area contributed by atoms with Crippen molar-refractivity contribution in [2.45, 2.75) is 20.3 Å². The maximum Gasteiger partial charge on any atom is 0.186 e. The summed E-state index contributed by atoms with van der Waals surface area (Å²) in [6, 6.07) is 11.6. The van der Waals surface area contributed by atoms with Crippen LogP contribution in [0.1, 0.15) is 16.8 Å². The van der Waals surface area contributed by atoms with Crippen molar-refractivity contribution in [1.29, 1.82) is 5.26 Å². The molecule has 0 radical (unpaired) electrons. The zero-order valence-electron chi connectivity index (χ0n) is 10.5. The molecule has 3 nitrogen and oxygen atoms in total. The normalized spacial score (nSPS) is 10.1. The second-order valence-electron chi connectivity index (χ2n) is 4.35. The van der Waals surface area contributed by atoms with Gasteiger partial charge in [-0.2, -0.15) is 5.26 Å². The Morgan fingerprint density at radius 3 is 2.72 bits per heavy atom. The maximum atomic E-state index is 11.7. The van der Waals surface area contributed by atoms with Crippen molar-refractivity contribution in [3.8, 4) is 11.8 Å². The highest BCUT2D eigenvalue weighted by atomic mass is 16.1. The van der Waals surface area contributed by atoms with E-state index in [4.69, 9.17) is 5.26 Å². The van der Waals surface area contributed by atoms with Crippen LogP contribution in [0.5, 0.6) is 0 Å². The van der Waals surface area contributed by atoms with Gasteiger partial charge in [0.25, 0.3) is 0 Å². The van der Waals surface area contributed by atoms with Gasteiger partial charge in [-0.05, 0) is 31.5 Å². The first-order valence-electron chi connectivity index (χ1n) is 5.78. The molecule has 0 saturated heterocycles. The molecular formula is C15H14N2O. The number of rotatable bonds is 2. The maximum absolute atomic E-state index is 11.7. The number of nitrogens with zero attached hydrogens (tertiary/aromatic N) is 2. The predicted octanol–water partition coefficient (Wildman–Crippen LogP) is 2.52. The second-order valence-corrected chi connectivity index (χ2v) is 4.35. The summed E-state index contributed by atoms with van der Waals surface area (Å²) in [4.78, 5) is 11.7. The third-order valence-corrected chi connectivity index (χ3v) is 2.87. The molecule has 0 amide bonds. The van der Waals surface area contributed by atoms with Gasteiger partial charge in [0.1, 0.15) is 0 Å². The molecule has 2 rings (SSSR count). The van der Waals surface area contributed by atoms with Crippen LogP contribution in [0, 0.1) is 25.2 Å². The van der Waals surface area contributed by atoms with Crippen LogP contribution in [-0.2, 0) is 6.42 Å². The molecule has 1 aromatic heterocycles. The first-order chi connectivity index (χ1) is 8.61. The number of hydrogen-bond donors (Lipinski definition) is 0. The van der Waals surface area contributed by atoms with Gasteiger partial charge >= 0.3 is 0 Å². The van der Waals surface area contributed by atoms with Crippen molar-refractivity contribution >= 4 is 0 Å². The molecule has 0 saturated carbocycles. The van der Waals surface area contributed by atoms with Crippen molar-refractivity contribution in [1.82, 2.24) is 4.57 Å². The van der Waals surface area contributed by atoms with Gasteiger partial charge in [0.15, 0.2) is 5.43 Å². The van der Waals surface area contributed by atoms with E-state index in [0.717, 1.165) is 16.9 Å². The zero-order chi connectivity index (χ0) is 13.1. The minimum atomic E-state index is -0.0713. The van der Waals surface area contributed by atoms with E-state index in [-0.39, 0.29) is 11.8 Å². The highest BCUT2D eigenvalue weighted by Crippen LogP contribution is 2.12. The van der Waals surface area contributed by atoms with Crippen LogP contribution in [0.15, 0.2) is 41.3 Å². The summed E-state index contributed by atoms with van der Waals surface area (Å²) < 4.78 is 1.95. The van der Waals surface area contributed by atoms with Crippen molar-refractivity contribution < 1.29 is 0 Å². The Hall–Kier alpha value is -2.34. The quantitative estimate of drug-likeness (QED) is 0.807. The third kappa shape index (κ3) is 2.33. The van der Waals surface area contributed by atoms with Crippen molar-refractivity contribution in [3.05, 3.63) is 63.6 Å². The van der Waals surface area contributed by atoms with Gasteiger partial charge < -0.3 is 4.57 Å². The number of nitriles is 1. The van der Waals surface area contributed by atoms with Crippen molar-refractivity contribution in [3.63, 3.8) is 0 Å². The fourth-order valence-electron chi connectivity index (χ4n) is 1.95. The van der Waals surface area contributed by atoms with E-state index in [1.54, 1.807) is 12.3 Å². The van der Waals surface area contributed by atoms with Gasteiger partial charge in [0.2, 0.25) is 0 Å². The first-order valence-corrected chi connectivity index (χ1v) is 5.78. The van der Waals surface area contributed by atoms with E-state index < -0.39 is 0 Å². The van der Waals surface area contributed by atoms with Crippen LogP contribution < -0.4 is 5.43 Å². The van der Waals surface area contributed by atoms with Crippen LogP contribution in [0.3, 0.4) is 0 Å². The highest BCUT2D eigenvalue weighted by Gasteiger charge is 2.05. The first kappa shape index (κ1) is 12.1. The number of benzene rings is 1. The molecule has 2 aromatic rings. The topological polar surface area (TPSA) is 45.8 Å².